The van der Waals surface area contributed by atoms with Crippen LogP contribution < -0.4 is 4.74 Å². The van der Waals surface area contributed by atoms with Gasteiger partial charge in [-0.25, -0.2) is 8.78 Å². The van der Waals surface area contributed by atoms with Crippen LogP contribution in [0, 0.1) is 11.6 Å². The minimum absolute atomic E-state index is 0.0269. The van der Waals surface area contributed by atoms with E-state index in [1.165, 1.54) is 6.07 Å². The highest BCUT2D eigenvalue weighted by Gasteiger charge is 2.26. The van der Waals surface area contributed by atoms with Gasteiger partial charge in [0.1, 0.15) is 11.9 Å². The Morgan fingerprint density at radius 1 is 1.14 bits per heavy atom. The third-order valence-electron chi connectivity index (χ3n) is 4.86. The molecule has 7 heteroatoms. The van der Waals surface area contributed by atoms with Crippen molar-refractivity contribution in [1.29, 1.82) is 0 Å². The second-order valence-electron chi connectivity index (χ2n) is 6.68. The molecule has 1 aliphatic rings. The van der Waals surface area contributed by atoms with Gasteiger partial charge in [0.05, 0.1) is 16.1 Å². The summed E-state index contributed by atoms with van der Waals surface area (Å²) in [6.45, 7) is 0.951. The number of carbonyl (C=O) groups excluding carboxylic acids is 1. The molecule has 1 aromatic heterocycles. The van der Waals surface area contributed by atoms with Gasteiger partial charge in [-0.15, -0.1) is 0 Å². The van der Waals surface area contributed by atoms with Crippen LogP contribution in [0.15, 0.2) is 48.7 Å². The van der Waals surface area contributed by atoms with E-state index in [9.17, 15) is 13.6 Å². The van der Waals surface area contributed by atoms with Crippen molar-refractivity contribution >= 4 is 28.4 Å². The van der Waals surface area contributed by atoms with Gasteiger partial charge in [-0.1, -0.05) is 11.6 Å². The number of nitrogens with zero attached hydrogens (tertiary/aromatic N) is 2. The first-order chi connectivity index (χ1) is 13.5. The second-order valence-corrected chi connectivity index (χ2v) is 7.09. The molecule has 1 saturated heterocycles. The maximum absolute atomic E-state index is 13.8. The van der Waals surface area contributed by atoms with E-state index in [-0.39, 0.29) is 17.8 Å². The lowest BCUT2D eigenvalue weighted by Crippen LogP contribution is -2.42. The molecule has 28 heavy (non-hydrogen) atoms. The summed E-state index contributed by atoms with van der Waals surface area (Å²) >= 11 is 6.20. The van der Waals surface area contributed by atoms with Gasteiger partial charge in [-0.05, 0) is 36.4 Å². The number of amides is 1. The van der Waals surface area contributed by atoms with E-state index in [4.69, 9.17) is 16.3 Å². The van der Waals surface area contributed by atoms with Gasteiger partial charge < -0.3 is 9.64 Å². The van der Waals surface area contributed by atoms with Gasteiger partial charge in [-0.3, -0.25) is 9.78 Å². The van der Waals surface area contributed by atoms with E-state index in [2.05, 4.69) is 4.98 Å². The van der Waals surface area contributed by atoms with Crippen molar-refractivity contribution in [1.82, 2.24) is 9.88 Å². The minimum Gasteiger partial charge on any atom is -0.487 e. The van der Waals surface area contributed by atoms with Gasteiger partial charge in [-0.2, -0.15) is 0 Å². The molecule has 144 valence electrons. The van der Waals surface area contributed by atoms with Crippen LogP contribution in [-0.4, -0.2) is 35.0 Å². The van der Waals surface area contributed by atoms with Crippen molar-refractivity contribution in [2.75, 3.05) is 13.1 Å². The lowest BCUT2D eigenvalue weighted by atomic mass is 10.0. The van der Waals surface area contributed by atoms with Crippen molar-refractivity contribution in [3.63, 3.8) is 0 Å². The van der Waals surface area contributed by atoms with Crippen LogP contribution in [0.25, 0.3) is 10.9 Å². The summed E-state index contributed by atoms with van der Waals surface area (Å²) in [5.41, 5.74) is 1.08. The molecule has 0 radical (unpaired) electrons. The summed E-state index contributed by atoms with van der Waals surface area (Å²) in [5, 5.41) is 1.29. The molecule has 0 bridgehead atoms. The van der Waals surface area contributed by atoms with Crippen molar-refractivity contribution in [2.24, 2.45) is 0 Å². The zero-order valence-electron chi connectivity index (χ0n) is 14.9. The molecule has 0 N–H and O–H groups in total. The van der Waals surface area contributed by atoms with E-state index in [0.29, 0.717) is 42.0 Å². The first-order valence-electron chi connectivity index (χ1n) is 8.97. The largest absolute Gasteiger partial charge is 0.487 e. The van der Waals surface area contributed by atoms with Crippen LogP contribution in [0.2, 0.25) is 5.02 Å². The SMILES string of the molecule is O=C(c1ccc(Cl)c2cccnc12)N1CCC(Oc2ccc(F)cc2F)CC1. The highest BCUT2D eigenvalue weighted by Crippen LogP contribution is 2.27. The minimum atomic E-state index is -0.725. The number of pyridine rings is 1. The Labute approximate surface area is 165 Å². The molecular formula is C21H17ClF2N2O2. The summed E-state index contributed by atoms with van der Waals surface area (Å²) in [5.74, 6) is -1.46. The number of benzene rings is 2. The number of ether oxygens (including phenoxy) is 1. The second kappa shape index (κ2) is 7.72. The number of carbonyl (C=O) groups is 1. The third kappa shape index (κ3) is 3.64. The van der Waals surface area contributed by atoms with Crippen LogP contribution >= 0.6 is 11.6 Å². The van der Waals surface area contributed by atoms with E-state index in [1.54, 1.807) is 29.3 Å². The van der Waals surface area contributed by atoms with Gasteiger partial charge >= 0.3 is 0 Å². The van der Waals surface area contributed by atoms with Crippen LogP contribution in [0.4, 0.5) is 8.78 Å². The van der Waals surface area contributed by atoms with Gasteiger partial charge in [0.25, 0.3) is 5.91 Å². The van der Waals surface area contributed by atoms with E-state index >= 15 is 0 Å². The molecule has 2 heterocycles. The average molecular weight is 403 g/mol. The number of likely N-dealkylation sites (tertiary alicyclic amines) is 1. The number of fused-ring (bicyclic) bond motifs is 1. The first-order valence-corrected chi connectivity index (χ1v) is 9.35. The highest BCUT2D eigenvalue weighted by atomic mass is 35.5. The molecule has 0 aliphatic carbocycles. The van der Waals surface area contributed by atoms with Crippen LogP contribution in [0.5, 0.6) is 5.75 Å². The standard InChI is InChI=1S/C21H17ClF2N2O2/c22-17-5-4-16(20-15(17)2-1-9-25-20)21(27)26-10-7-14(8-11-26)28-19-6-3-13(23)12-18(19)24/h1-6,9,12,14H,7-8,10-11H2. The van der Waals surface area contributed by atoms with Crippen molar-refractivity contribution in [2.45, 2.75) is 18.9 Å². The molecule has 2 aromatic carbocycles. The average Bonchev–Trinajstić information content (AvgIpc) is 2.71. The molecule has 0 saturated carbocycles. The fourth-order valence-corrected chi connectivity index (χ4v) is 3.62. The van der Waals surface area contributed by atoms with Gasteiger partial charge in [0, 0.05) is 43.6 Å². The van der Waals surface area contributed by atoms with Crippen molar-refractivity contribution < 1.29 is 18.3 Å². The molecule has 0 unspecified atom stereocenters. The Morgan fingerprint density at radius 3 is 2.68 bits per heavy atom. The summed E-state index contributed by atoms with van der Waals surface area (Å²) in [6.07, 6.45) is 2.51. The van der Waals surface area contributed by atoms with Crippen molar-refractivity contribution in [3.8, 4) is 5.75 Å². The number of halogens is 3. The van der Waals surface area contributed by atoms with Gasteiger partial charge in [0.15, 0.2) is 11.6 Å². The van der Waals surface area contributed by atoms with Crippen molar-refractivity contribution in [3.05, 3.63) is 70.9 Å². The van der Waals surface area contributed by atoms with E-state index in [1.807, 2.05) is 6.07 Å². The van der Waals surface area contributed by atoms with Crippen LogP contribution in [0.1, 0.15) is 23.2 Å². The molecule has 0 atom stereocenters. The third-order valence-corrected chi connectivity index (χ3v) is 5.19. The Balaban J connectivity index is 1.45. The van der Waals surface area contributed by atoms with Crippen LogP contribution in [-0.2, 0) is 0 Å². The number of hydrogen-bond acceptors (Lipinski definition) is 3. The molecular weight excluding hydrogens is 386 g/mol. The lowest BCUT2D eigenvalue weighted by Gasteiger charge is -2.32. The Kier molecular flexibility index (Phi) is 5.13. The monoisotopic (exact) mass is 402 g/mol. The Hall–Kier alpha value is -2.73. The Bertz CT molecular complexity index is 1040. The fraction of sp³-hybridized carbons (Fsp3) is 0.238. The molecule has 4 rings (SSSR count). The summed E-state index contributed by atoms with van der Waals surface area (Å²) in [4.78, 5) is 19.0. The smallest absolute Gasteiger partial charge is 0.256 e. The van der Waals surface area contributed by atoms with Crippen LogP contribution in [0.3, 0.4) is 0 Å². The molecule has 1 amide bonds. The van der Waals surface area contributed by atoms with E-state index in [0.717, 1.165) is 17.5 Å². The molecule has 1 fully saturated rings. The quantitative estimate of drug-likeness (QED) is 0.629. The lowest BCUT2D eigenvalue weighted by molar-refractivity contribution is 0.0590. The molecule has 4 nitrogen and oxygen atoms in total. The molecule has 3 aromatic rings. The topological polar surface area (TPSA) is 42.4 Å². The number of rotatable bonds is 3. The predicted octanol–water partition coefficient (Wildman–Crippen LogP) is 4.85. The predicted molar refractivity (Wildman–Crippen MR) is 103 cm³/mol. The summed E-state index contributed by atoms with van der Waals surface area (Å²) in [7, 11) is 0. The normalized spacial score (nSPS) is 15.0. The fourth-order valence-electron chi connectivity index (χ4n) is 3.41. The maximum atomic E-state index is 13.8. The zero-order valence-corrected chi connectivity index (χ0v) is 15.6. The summed E-state index contributed by atoms with van der Waals surface area (Å²) < 4.78 is 32.4. The molecule has 0 spiro atoms. The summed E-state index contributed by atoms with van der Waals surface area (Å²) in [6, 6.07) is 10.2. The maximum Gasteiger partial charge on any atom is 0.256 e. The molecule has 1 aliphatic heterocycles. The Morgan fingerprint density at radius 2 is 1.93 bits per heavy atom. The number of hydrogen-bond donors (Lipinski definition) is 0. The van der Waals surface area contributed by atoms with Gasteiger partial charge in [0.2, 0.25) is 0 Å². The highest BCUT2D eigenvalue weighted by molar-refractivity contribution is 6.36. The number of aromatic nitrogens is 1. The van der Waals surface area contributed by atoms with E-state index < -0.39 is 11.6 Å². The first kappa shape index (κ1) is 18.6. The number of piperidine rings is 1. The zero-order chi connectivity index (χ0) is 19.7.